The lowest BCUT2D eigenvalue weighted by molar-refractivity contribution is 0.0473. The molecule has 19 heavy (non-hydrogen) atoms. The lowest BCUT2D eigenvalue weighted by Gasteiger charge is -2.07. The largest absolute Gasteiger partial charge is 0.457 e. The first-order valence-electron chi connectivity index (χ1n) is 5.53. The molecule has 0 aromatic heterocycles. The molecule has 3 nitrogen and oxygen atoms in total. The lowest BCUT2D eigenvalue weighted by atomic mass is 10.2. The minimum absolute atomic E-state index is 0.0158. The molecule has 0 radical (unpaired) electrons. The van der Waals surface area contributed by atoms with Gasteiger partial charge in [0.1, 0.15) is 12.4 Å². The van der Waals surface area contributed by atoms with Gasteiger partial charge in [-0.3, -0.25) is 0 Å². The first-order chi connectivity index (χ1) is 9.08. The van der Waals surface area contributed by atoms with Crippen molar-refractivity contribution >= 4 is 23.3 Å². The molecular formula is C14H11ClFNO2. The number of carbonyl (C=O) groups is 1. The number of para-hydroxylation sites is 1. The SMILES string of the molecule is Nc1c(F)cccc1C(=O)OCc1cccc(Cl)c1. The zero-order valence-electron chi connectivity index (χ0n) is 9.90. The van der Waals surface area contributed by atoms with E-state index in [1.807, 2.05) is 0 Å². The predicted molar refractivity (Wildman–Crippen MR) is 71.4 cm³/mol. The molecule has 0 spiro atoms. The standard InChI is InChI=1S/C14H11ClFNO2/c15-10-4-1-3-9(7-10)8-19-14(18)11-5-2-6-12(16)13(11)17/h1-7H,8,17H2. The summed E-state index contributed by atoms with van der Waals surface area (Å²) in [6.07, 6.45) is 0. The van der Waals surface area contributed by atoms with Gasteiger partial charge in [-0.05, 0) is 29.8 Å². The molecule has 0 atom stereocenters. The average molecular weight is 280 g/mol. The highest BCUT2D eigenvalue weighted by Gasteiger charge is 2.13. The van der Waals surface area contributed by atoms with Crippen LogP contribution in [0.4, 0.5) is 10.1 Å². The molecule has 0 bridgehead atoms. The molecule has 2 rings (SSSR count). The summed E-state index contributed by atoms with van der Waals surface area (Å²) in [4.78, 5) is 11.8. The van der Waals surface area contributed by atoms with Crippen LogP contribution in [0.15, 0.2) is 42.5 Å². The third-order valence-electron chi connectivity index (χ3n) is 2.53. The number of halogens is 2. The fourth-order valence-electron chi connectivity index (χ4n) is 1.57. The van der Waals surface area contributed by atoms with E-state index in [9.17, 15) is 9.18 Å². The number of hydrogen-bond donors (Lipinski definition) is 1. The molecule has 0 unspecified atom stereocenters. The number of nitrogens with two attached hydrogens (primary N) is 1. The zero-order chi connectivity index (χ0) is 13.8. The Morgan fingerprint density at radius 1 is 1.26 bits per heavy atom. The van der Waals surface area contributed by atoms with E-state index >= 15 is 0 Å². The van der Waals surface area contributed by atoms with Crippen molar-refractivity contribution in [3.05, 3.63) is 64.4 Å². The average Bonchev–Trinajstić information content (AvgIpc) is 2.39. The van der Waals surface area contributed by atoms with Crippen molar-refractivity contribution in [1.29, 1.82) is 0 Å². The second-order valence-corrected chi connectivity index (χ2v) is 4.34. The van der Waals surface area contributed by atoms with E-state index in [0.717, 1.165) is 5.56 Å². The second kappa shape index (κ2) is 5.71. The fourth-order valence-corrected chi connectivity index (χ4v) is 1.78. The van der Waals surface area contributed by atoms with Crippen LogP contribution in [0.25, 0.3) is 0 Å². The number of rotatable bonds is 3. The van der Waals surface area contributed by atoms with Crippen LogP contribution in [0.1, 0.15) is 15.9 Å². The Balaban J connectivity index is 2.08. The van der Waals surface area contributed by atoms with Gasteiger partial charge in [-0.1, -0.05) is 29.8 Å². The number of ether oxygens (including phenoxy) is 1. The molecule has 0 aliphatic heterocycles. The van der Waals surface area contributed by atoms with Gasteiger partial charge in [0.2, 0.25) is 0 Å². The van der Waals surface area contributed by atoms with Crippen LogP contribution in [0.3, 0.4) is 0 Å². The third-order valence-corrected chi connectivity index (χ3v) is 2.77. The van der Waals surface area contributed by atoms with Crippen molar-refractivity contribution in [1.82, 2.24) is 0 Å². The topological polar surface area (TPSA) is 52.3 Å². The van der Waals surface area contributed by atoms with Gasteiger partial charge in [0.15, 0.2) is 0 Å². The quantitative estimate of drug-likeness (QED) is 0.692. The van der Waals surface area contributed by atoms with Gasteiger partial charge in [-0.15, -0.1) is 0 Å². The van der Waals surface area contributed by atoms with Crippen molar-refractivity contribution < 1.29 is 13.9 Å². The molecule has 0 aliphatic rings. The van der Waals surface area contributed by atoms with E-state index in [1.54, 1.807) is 24.3 Å². The minimum atomic E-state index is -0.669. The van der Waals surface area contributed by atoms with Crippen molar-refractivity contribution in [2.24, 2.45) is 0 Å². The fraction of sp³-hybridized carbons (Fsp3) is 0.0714. The number of hydrogen-bond acceptors (Lipinski definition) is 3. The van der Waals surface area contributed by atoms with E-state index in [-0.39, 0.29) is 17.9 Å². The zero-order valence-corrected chi connectivity index (χ0v) is 10.7. The van der Waals surface area contributed by atoms with Crippen LogP contribution in [0, 0.1) is 5.82 Å². The van der Waals surface area contributed by atoms with Gasteiger partial charge >= 0.3 is 5.97 Å². The van der Waals surface area contributed by atoms with E-state index in [4.69, 9.17) is 22.1 Å². The van der Waals surface area contributed by atoms with E-state index in [0.29, 0.717) is 5.02 Å². The van der Waals surface area contributed by atoms with Gasteiger partial charge in [-0.25, -0.2) is 9.18 Å². The highest BCUT2D eigenvalue weighted by Crippen LogP contribution is 2.18. The maximum absolute atomic E-state index is 13.2. The summed E-state index contributed by atoms with van der Waals surface area (Å²) < 4.78 is 18.3. The van der Waals surface area contributed by atoms with E-state index in [2.05, 4.69) is 0 Å². The van der Waals surface area contributed by atoms with Gasteiger partial charge < -0.3 is 10.5 Å². The van der Waals surface area contributed by atoms with Crippen LogP contribution in [-0.4, -0.2) is 5.97 Å². The summed E-state index contributed by atoms with van der Waals surface area (Å²) in [5, 5.41) is 0.554. The van der Waals surface area contributed by atoms with Gasteiger partial charge in [-0.2, -0.15) is 0 Å². The molecule has 2 N–H and O–H groups in total. The van der Waals surface area contributed by atoms with Crippen LogP contribution in [-0.2, 0) is 11.3 Å². The number of anilines is 1. The monoisotopic (exact) mass is 279 g/mol. The van der Waals surface area contributed by atoms with Gasteiger partial charge in [0.05, 0.1) is 11.3 Å². The Morgan fingerprint density at radius 2 is 2.00 bits per heavy atom. The third kappa shape index (κ3) is 3.23. The summed E-state index contributed by atoms with van der Waals surface area (Å²) in [5.41, 5.74) is 6.03. The molecule has 2 aromatic rings. The smallest absolute Gasteiger partial charge is 0.340 e. The molecular weight excluding hydrogens is 269 g/mol. The maximum atomic E-state index is 13.2. The first kappa shape index (κ1) is 13.4. The van der Waals surface area contributed by atoms with Crippen molar-refractivity contribution in [2.75, 3.05) is 5.73 Å². The number of esters is 1. The molecule has 0 heterocycles. The van der Waals surface area contributed by atoms with Crippen LogP contribution in [0.2, 0.25) is 5.02 Å². The molecule has 0 fully saturated rings. The normalized spacial score (nSPS) is 10.2. The van der Waals surface area contributed by atoms with Crippen molar-refractivity contribution in [3.63, 3.8) is 0 Å². The highest BCUT2D eigenvalue weighted by molar-refractivity contribution is 6.30. The summed E-state index contributed by atoms with van der Waals surface area (Å²) in [5.74, 6) is -1.31. The Bertz CT molecular complexity index is 616. The Labute approximate surface area is 114 Å². The molecule has 2 aromatic carbocycles. The Hall–Kier alpha value is -2.07. The van der Waals surface area contributed by atoms with Gasteiger partial charge in [0, 0.05) is 5.02 Å². The summed E-state index contributed by atoms with van der Waals surface area (Å²) in [6, 6.07) is 10.9. The summed E-state index contributed by atoms with van der Waals surface area (Å²) in [7, 11) is 0. The minimum Gasteiger partial charge on any atom is -0.457 e. The predicted octanol–water partition coefficient (Wildman–Crippen LogP) is 3.42. The van der Waals surface area contributed by atoms with Gasteiger partial charge in [0.25, 0.3) is 0 Å². The molecule has 0 saturated heterocycles. The van der Waals surface area contributed by atoms with Crippen molar-refractivity contribution in [3.8, 4) is 0 Å². The van der Waals surface area contributed by atoms with Crippen LogP contribution >= 0.6 is 11.6 Å². The summed E-state index contributed by atoms with van der Waals surface area (Å²) in [6.45, 7) is 0.0509. The number of benzene rings is 2. The van der Waals surface area contributed by atoms with Crippen molar-refractivity contribution in [2.45, 2.75) is 6.61 Å². The van der Waals surface area contributed by atoms with Crippen LogP contribution < -0.4 is 5.73 Å². The van der Waals surface area contributed by atoms with E-state index < -0.39 is 11.8 Å². The lowest BCUT2D eigenvalue weighted by Crippen LogP contribution is -2.09. The van der Waals surface area contributed by atoms with E-state index in [1.165, 1.54) is 18.2 Å². The number of nitrogen functional groups attached to an aromatic ring is 1. The summed E-state index contributed by atoms with van der Waals surface area (Å²) >= 11 is 5.81. The molecule has 0 amide bonds. The Morgan fingerprint density at radius 3 is 2.74 bits per heavy atom. The number of carbonyl (C=O) groups excluding carboxylic acids is 1. The Kier molecular flexibility index (Phi) is 4.02. The molecule has 0 aliphatic carbocycles. The highest BCUT2D eigenvalue weighted by atomic mass is 35.5. The molecule has 98 valence electrons. The maximum Gasteiger partial charge on any atom is 0.340 e. The second-order valence-electron chi connectivity index (χ2n) is 3.91. The molecule has 5 heteroatoms. The van der Waals surface area contributed by atoms with Crippen LogP contribution in [0.5, 0.6) is 0 Å². The first-order valence-corrected chi connectivity index (χ1v) is 5.91. The molecule has 0 saturated carbocycles.